The fourth-order valence-corrected chi connectivity index (χ4v) is 6.66. The van der Waals surface area contributed by atoms with Crippen molar-refractivity contribution in [3.05, 3.63) is 124 Å². The van der Waals surface area contributed by atoms with Gasteiger partial charge in [-0.25, -0.2) is 13.6 Å². The normalized spacial score (nSPS) is 14.8. The molecule has 0 radical (unpaired) electrons. The van der Waals surface area contributed by atoms with Gasteiger partial charge in [0.1, 0.15) is 23.5 Å². The number of anilines is 2. The molecule has 1 aliphatic heterocycles. The van der Waals surface area contributed by atoms with Crippen molar-refractivity contribution in [2.24, 2.45) is 0 Å². The SMILES string of the molecule is C[N+]1(C)CCC(OC(=O)Nc2cc(CCC(=O)Nc3cc(F)c(CNC[C@@H](O)c4ccc(O)c5[nH]c(=O)ccc45)cc3F)ccc2-c2ccccc2)CC1. The molecule has 13 heteroatoms. The summed E-state index contributed by atoms with van der Waals surface area (Å²) in [5.41, 5.74) is 2.85. The number of phenolic OH excluding ortho intramolecular Hbond substituents is 1. The van der Waals surface area contributed by atoms with Crippen LogP contribution in [-0.4, -0.2) is 71.5 Å². The van der Waals surface area contributed by atoms with Gasteiger partial charge in [-0.15, -0.1) is 0 Å². The number of hydrogen-bond donors (Lipinski definition) is 6. The lowest BCUT2D eigenvalue weighted by Crippen LogP contribution is -2.48. The van der Waals surface area contributed by atoms with Crippen molar-refractivity contribution in [2.75, 3.05) is 44.4 Å². The molecule has 1 atom stereocenters. The van der Waals surface area contributed by atoms with Crippen molar-refractivity contribution >= 4 is 34.3 Å². The van der Waals surface area contributed by atoms with E-state index in [1.807, 2.05) is 42.5 Å². The van der Waals surface area contributed by atoms with Gasteiger partial charge in [-0.1, -0.05) is 48.5 Å². The van der Waals surface area contributed by atoms with Gasteiger partial charge in [-0.2, -0.15) is 0 Å². The minimum Gasteiger partial charge on any atom is -0.506 e. The number of H-pyrrole nitrogens is 1. The van der Waals surface area contributed by atoms with E-state index in [0.29, 0.717) is 16.6 Å². The zero-order chi connectivity index (χ0) is 38.4. The number of piperidine rings is 1. The summed E-state index contributed by atoms with van der Waals surface area (Å²) in [5, 5.41) is 29.6. The topological polar surface area (TPSA) is 153 Å². The minimum absolute atomic E-state index is 0.0128. The fourth-order valence-electron chi connectivity index (χ4n) is 6.66. The number of halogens is 2. The monoisotopic (exact) mass is 740 g/mol. The molecule has 282 valence electrons. The van der Waals surface area contributed by atoms with E-state index >= 15 is 8.78 Å². The predicted molar refractivity (Wildman–Crippen MR) is 203 cm³/mol. The molecule has 2 heterocycles. The Bertz CT molecular complexity index is 2200. The van der Waals surface area contributed by atoms with Gasteiger partial charge in [0.15, 0.2) is 0 Å². The zero-order valence-corrected chi connectivity index (χ0v) is 30.1. The number of rotatable bonds is 12. The summed E-state index contributed by atoms with van der Waals surface area (Å²) in [5.74, 6) is -2.25. The number of aliphatic hydroxyl groups is 1. The van der Waals surface area contributed by atoms with E-state index < -0.39 is 35.3 Å². The third kappa shape index (κ3) is 9.47. The lowest BCUT2D eigenvalue weighted by Gasteiger charge is -2.36. The van der Waals surface area contributed by atoms with Crippen LogP contribution >= 0.6 is 0 Å². The maximum atomic E-state index is 15.1. The number of aromatic nitrogens is 1. The molecule has 1 aliphatic rings. The average Bonchev–Trinajstić information content (AvgIpc) is 3.14. The molecule has 54 heavy (non-hydrogen) atoms. The second-order valence-corrected chi connectivity index (χ2v) is 14.3. The van der Waals surface area contributed by atoms with Crippen LogP contribution in [0.15, 0.2) is 89.7 Å². The molecule has 2 amide bonds. The van der Waals surface area contributed by atoms with E-state index in [4.69, 9.17) is 4.74 Å². The Kier molecular flexibility index (Phi) is 11.7. The number of nitrogens with zero attached hydrogens (tertiary/aromatic N) is 1. The predicted octanol–water partition coefficient (Wildman–Crippen LogP) is 6.36. The van der Waals surface area contributed by atoms with Crippen LogP contribution in [0.1, 0.15) is 42.1 Å². The van der Waals surface area contributed by atoms with Crippen LogP contribution < -0.4 is 21.5 Å². The number of carbonyl (C=O) groups is 2. The molecule has 1 saturated heterocycles. The quantitative estimate of drug-likeness (QED) is 0.0815. The number of likely N-dealkylation sites (tertiary alicyclic amines) is 1. The number of amides is 2. The molecule has 0 aliphatic carbocycles. The lowest BCUT2D eigenvalue weighted by molar-refractivity contribution is -0.896. The third-order valence-electron chi connectivity index (χ3n) is 9.76. The first-order valence-corrected chi connectivity index (χ1v) is 17.8. The number of benzene rings is 4. The highest BCUT2D eigenvalue weighted by Crippen LogP contribution is 2.31. The molecule has 0 spiro atoms. The number of pyridine rings is 1. The number of phenols is 1. The van der Waals surface area contributed by atoms with Gasteiger partial charge in [0.05, 0.1) is 50.2 Å². The van der Waals surface area contributed by atoms with Crippen LogP contribution in [0.4, 0.5) is 25.0 Å². The van der Waals surface area contributed by atoms with Crippen molar-refractivity contribution in [1.29, 1.82) is 0 Å². The summed E-state index contributed by atoms with van der Waals surface area (Å²) < 4.78 is 36.8. The first kappa shape index (κ1) is 38.1. The Morgan fingerprint density at radius 1 is 0.926 bits per heavy atom. The number of aromatic hydroxyl groups is 1. The number of aryl methyl sites for hydroxylation is 1. The van der Waals surface area contributed by atoms with Crippen LogP contribution in [0.5, 0.6) is 5.75 Å². The molecule has 6 N–H and O–H groups in total. The van der Waals surface area contributed by atoms with E-state index in [1.165, 1.54) is 24.3 Å². The smallest absolute Gasteiger partial charge is 0.411 e. The van der Waals surface area contributed by atoms with Crippen molar-refractivity contribution in [2.45, 2.75) is 44.4 Å². The second kappa shape index (κ2) is 16.6. The molecule has 0 unspecified atom stereocenters. The highest BCUT2D eigenvalue weighted by molar-refractivity contribution is 5.93. The van der Waals surface area contributed by atoms with Crippen LogP contribution in [-0.2, 0) is 22.5 Å². The number of aliphatic hydroxyl groups excluding tert-OH is 1. The van der Waals surface area contributed by atoms with Gasteiger partial charge in [0, 0.05) is 61.0 Å². The summed E-state index contributed by atoms with van der Waals surface area (Å²) in [4.78, 5) is 40.1. The van der Waals surface area contributed by atoms with Gasteiger partial charge < -0.3 is 35.1 Å². The van der Waals surface area contributed by atoms with Gasteiger partial charge in [-0.05, 0) is 47.4 Å². The molecule has 5 aromatic rings. The molecule has 6 rings (SSSR count). The van der Waals surface area contributed by atoms with Crippen LogP contribution in [0.2, 0.25) is 0 Å². The van der Waals surface area contributed by atoms with E-state index in [-0.39, 0.29) is 54.6 Å². The fraction of sp³-hybridized carbons (Fsp3) is 0.293. The van der Waals surface area contributed by atoms with E-state index in [9.17, 15) is 24.6 Å². The highest BCUT2D eigenvalue weighted by Gasteiger charge is 2.28. The number of carbonyl (C=O) groups excluding carboxylic acids is 2. The van der Waals surface area contributed by atoms with Gasteiger partial charge >= 0.3 is 6.09 Å². The van der Waals surface area contributed by atoms with E-state index in [2.05, 4.69) is 35.0 Å². The molecule has 0 bridgehead atoms. The molecule has 1 fully saturated rings. The Hall–Kier alpha value is -5.63. The Labute approximate surface area is 311 Å². The maximum Gasteiger partial charge on any atom is 0.411 e. The molecular weight excluding hydrogens is 696 g/mol. The highest BCUT2D eigenvalue weighted by atomic mass is 19.1. The minimum atomic E-state index is -1.09. The molecular formula is C41H44F2N5O6+. The van der Waals surface area contributed by atoms with Crippen molar-refractivity contribution in [3.63, 3.8) is 0 Å². The zero-order valence-electron chi connectivity index (χ0n) is 30.1. The van der Waals surface area contributed by atoms with Gasteiger partial charge in [-0.3, -0.25) is 14.9 Å². The number of ether oxygens (including phenoxy) is 1. The second-order valence-electron chi connectivity index (χ2n) is 14.3. The van der Waals surface area contributed by atoms with Crippen molar-refractivity contribution in [1.82, 2.24) is 10.3 Å². The van der Waals surface area contributed by atoms with Crippen molar-refractivity contribution < 1.29 is 37.8 Å². The largest absolute Gasteiger partial charge is 0.506 e. The van der Waals surface area contributed by atoms with Crippen LogP contribution in [0.3, 0.4) is 0 Å². The number of nitrogens with one attached hydrogen (secondary N) is 4. The standard InChI is InChI=1S/C41H43F2N5O6/c1-48(2)18-16-28(17-19-48)54-41(53)46-34-20-25(8-10-29(34)26-6-4-3-5-7-26)9-14-38(51)45-35-22-32(42)27(21-33(35)43)23-44-24-37(50)30-11-13-36(49)40-31(30)12-15-39(52)47-40/h3-8,10-13,15,20-22,28,37,44,50H,9,14,16-19,23-24H2,1-2H3,(H3-,45,46,47,49,51,52,53)/p+1/t37-/m1/s1. The summed E-state index contributed by atoms with van der Waals surface area (Å²) in [7, 11) is 4.31. The van der Waals surface area contributed by atoms with Crippen LogP contribution in [0.25, 0.3) is 22.0 Å². The number of fused-ring (bicyclic) bond motifs is 1. The third-order valence-corrected chi connectivity index (χ3v) is 9.76. The lowest BCUT2D eigenvalue weighted by atomic mass is 9.99. The summed E-state index contributed by atoms with van der Waals surface area (Å²) in [6, 6.07) is 22.6. The maximum absolute atomic E-state index is 15.1. The Balaban J connectivity index is 1.05. The number of quaternary nitrogens is 1. The summed E-state index contributed by atoms with van der Waals surface area (Å²) in [6.07, 6.45) is -0.0140. The van der Waals surface area contributed by atoms with E-state index in [1.54, 1.807) is 6.07 Å². The first-order valence-electron chi connectivity index (χ1n) is 17.8. The van der Waals surface area contributed by atoms with E-state index in [0.717, 1.165) is 59.2 Å². The average molecular weight is 741 g/mol. The number of hydrogen-bond acceptors (Lipinski definition) is 7. The van der Waals surface area contributed by atoms with Crippen molar-refractivity contribution in [3.8, 4) is 16.9 Å². The first-order chi connectivity index (χ1) is 25.8. The number of aromatic amines is 1. The molecule has 11 nitrogen and oxygen atoms in total. The van der Waals surface area contributed by atoms with Gasteiger partial charge in [0.2, 0.25) is 11.5 Å². The van der Waals surface area contributed by atoms with Crippen LogP contribution in [0, 0.1) is 11.6 Å². The molecule has 0 saturated carbocycles. The van der Waals surface area contributed by atoms with Gasteiger partial charge in [0.25, 0.3) is 0 Å². The Morgan fingerprint density at radius 3 is 2.44 bits per heavy atom. The summed E-state index contributed by atoms with van der Waals surface area (Å²) in [6.45, 7) is 1.67. The summed E-state index contributed by atoms with van der Waals surface area (Å²) >= 11 is 0. The Morgan fingerprint density at radius 2 is 1.69 bits per heavy atom. The molecule has 4 aromatic carbocycles. The molecule has 1 aromatic heterocycles.